The fraction of sp³-hybridized carbons (Fsp3) is 0.556. The predicted octanol–water partition coefficient (Wildman–Crippen LogP) is 2.58. The molecule has 1 heterocycles. The number of anilines is 1. The Bertz CT molecular complexity index is 591. The van der Waals surface area contributed by atoms with Crippen molar-refractivity contribution in [1.29, 1.82) is 0 Å². The third-order valence-electron chi connectivity index (χ3n) is 4.61. The van der Waals surface area contributed by atoms with Gasteiger partial charge in [-0.15, -0.1) is 0 Å². The first-order valence-corrected chi connectivity index (χ1v) is 9.45. The smallest absolute Gasteiger partial charge is 0.315 e. The van der Waals surface area contributed by atoms with E-state index in [1.807, 2.05) is 38.4 Å². The average Bonchev–Trinajstić information content (AvgIpc) is 2.57. The second kappa shape index (κ2) is 9.20. The highest BCUT2D eigenvalue weighted by atomic mass is 79.9. The highest BCUT2D eigenvalue weighted by Gasteiger charge is 2.30. The Balaban J connectivity index is 1.86. The number of carbonyl (C=O) groups excluding carboxylic acids is 2. The van der Waals surface area contributed by atoms with Crippen LogP contribution in [0.2, 0.25) is 0 Å². The van der Waals surface area contributed by atoms with E-state index >= 15 is 0 Å². The Morgan fingerprint density at radius 2 is 2.04 bits per heavy atom. The van der Waals surface area contributed by atoms with Crippen LogP contribution in [0, 0.1) is 0 Å². The summed E-state index contributed by atoms with van der Waals surface area (Å²) in [5, 5.41) is 5.66. The van der Waals surface area contributed by atoms with Crippen LogP contribution in [0.3, 0.4) is 0 Å². The van der Waals surface area contributed by atoms with Gasteiger partial charge in [-0.1, -0.05) is 15.9 Å². The van der Waals surface area contributed by atoms with Crippen LogP contribution in [0.5, 0.6) is 0 Å². The molecule has 0 aliphatic carbocycles. The molecule has 0 saturated carbocycles. The molecule has 6 nitrogen and oxygen atoms in total. The molecule has 2 unspecified atom stereocenters. The van der Waals surface area contributed by atoms with Crippen molar-refractivity contribution in [1.82, 2.24) is 15.5 Å². The van der Waals surface area contributed by atoms with E-state index in [2.05, 4.69) is 38.4 Å². The lowest BCUT2D eigenvalue weighted by atomic mass is 10.0. The van der Waals surface area contributed by atoms with Gasteiger partial charge in [0, 0.05) is 29.3 Å². The first kappa shape index (κ1) is 19.7. The molecule has 1 saturated heterocycles. The van der Waals surface area contributed by atoms with Gasteiger partial charge in [-0.05, 0) is 64.5 Å². The Hall–Kier alpha value is -1.60. The summed E-state index contributed by atoms with van der Waals surface area (Å²) in [4.78, 5) is 28.6. The molecule has 1 aliphatic rings. The van der Waals surface area contributed by atoms with Gasteiger partial charge in [0.05, 0.1) is 0 Å². The molecule has 25 heavy (non-hydrogen) atoms. The van der Waals surface area contributed by atoms with Crippen molar-refractivity contribution in [2.45, 2.75) is 38.3 Å². The third-order valence-corrected chi connectivity index (χ3v) is 5.14. The van der Waals surface area contributed by atoms with Gasteiger partial charge in [-0.25, -0.2) is 4.79 Å². The van der Waals surface area contributed by atoms with E-state index in [-0.39, 0.29) is 11.9 Å². The monoisotopic (exact) mass is 410 g/mol. The molecule has 2 rings (SSSR count). The summed E-state index contributed by atoms with van der Waals surface area (Å²) in [5.41, 5.74) is 0.861. The fourth-order valence-corrected chi connectivity index (χ4v) is 3.01. The number of halogens is 1. The minimum atomic E-state index is -0.469. The quantitative estimate of drug-likeness (QED) is 0.757. The van der Waals surface area contributed by atoms with Crippen LogP contribution in [0.25, 0.3) is 0 Å². The standard InChI is InChI=1S/C18H27BrN4O2/c1-13(22(2)3)10-11-20-18(25)21-16-5-4-12-23(17(16)24)15-8-6-14(19)7-9-15/h6-9,13,16H,4-5,10-12H2,1-3H3,(H2,20,21,25). The second-order valence-corrected chi connectivity index (χ2v) is 7.58. The molecule has 1 aromatic rings. The first-order chi connectivity index (χ1) is 11.9. The SMILES string of the molecule is CC(CCNC(=O)NC1CCCN(c2ccc(Br)cc2)C1=O)N(C)C. The highest BCUT2D eigenvalue weighted by molar-refractivity contribution is 9.10. The van der Waals surface area contributed by atoms with Crippen molar-refractivity contribution in [3.63, 3.8) is 0 Å². The van der Waals surface area contributed by atoms with E-state index in [4.69, 9.17) is 0 Å². The molecule has 7 heteroatoms. The summed E-state index contributed by atoms with van der Waals surface area (Å²) in [6, 6.07) is 7.30. The lowest BCUT2D eigenvalue weighted by Crippen LogP contribution is -2.54. The molecule has 3 amide bonds. The molecular formula is C18H27BrN4O2. The third kappa shape index (κ3) is 5.71. The molecule has 1 aliphatic heterocycles. The van der Waals surface area contributed by atoms with Crippen molar-refractivity contribution in [2.24, 2.45) is 0 Å². The molecule has 138 valence electrons. The molecule has 2 atom stereocenters. The zero-order valence-electron chi connectivity index (χ0n) is 15.1. The van der Waals surface area contributed by atoms with Crippen molar-refractivity contribution in [2.75, 3.05) is 32.1 Å². The summed E-state index contributed by atoms with van der Waals surface area (Å²) in [6.07, 6.45) is 2.40. The lowest BCUT2D eigenvalue weighted by Gasteiger charge is -2.32. The van der Waals surface area contributed by atoms with Crippen LogP contribution in [-0.2, 0) is 4.79 Å². The van der Waals surface area contributed by atoms with Crippen molar-refractivity contribution < 1.29 is 9.59 Å². The maximum Gasteiger partial charge on any atom is 0.315 e. The molecule has 0 radical (unpaired) electrons. The van der Waals surface area contributed by atoms with Crippen LogP contribution in [0.15, 0.2) is 28.7 Å². The Labute approximate surface area is 158 Å². The first-order valence-electron chi connectivity index (χ1n) is 8.66. The van der Waals surface area contributed by atoms with Gasteiger partial charge in [-0.3, -0.25) is 4.79 Å². The van der Waals surface area contributed by atoms with Crippen LogP contribution >= 0.6 is 15.9 Å². The fourth-order valence-electron chi connectivity index (χ4n) is 2.75. The topological polar surface area (TPSA) is 64.7 Å². The number of urea groups is 1. The predicted molar refractivity (Wildman–Crippen MR) is 104 cm³/mol. The number of hydrogen-bond acceptors (Lipinski definition) is 3. The van der Waals surface area contributed by atoms with Crippen LogP contribution in [0.1, 0.15) is 26.2 Å². The minimum absolute atomic E-state index is 0.0506. The zero-order valence-corrected chi connectivity index (χ0v) is 16.7. The lowest BCUT2D eigenvalue weighted by molar-refractivity contribution is -0.121. The van der Waals surface area contributed by atoms with E-state index in [9.17, 15) is 9.59 Å². The van der Waals surface area contributed by atoms with Gasteiger partial charge in [0.15, 0.2) is 0 Å². The van der Waals surface area contributed by atoms with E-state index in [1.54, 1.807) is 4.90 Å². The van der Waals surface area contributed by atoms with E-state index in [0.717, 1.165) is 23.0 Å². The molecule has 1 fully saturated rings. The molecular weight excluding hydrogens is 384 g/mol. The highest BCUT2D eigenvalue weighted by Crippen LogP contribution is 2.23. The van der Waals surface area contributed by atoms with E-state index in [1.165, 1.54) is 0 Å². The van der Waals surface area contributed by atoms with E-state index in [0.29, 0.717) is 25.6 Å². The zero-order chi connectivity index (χ0) is 18.4. The molecule has 2 N–H and O–H groups in total. The number of rotatable bonds is 6. The number of hydrogen-bond donors (Lipinski definition) is 2. The largest absolute Gasteiger partial charge is 0.338 e. The number of nitrogens with zero attached hydrogens (tertiary/aromatic N) is 2. The number of carbonyl (C=O) groups is 2. The van der Waals surface area contributed by atoms with Crippen LogP contribution in [-0.4, -0.2) is 56.1 Å². The van der Waals surface area contributed by atoms with Crippen molar-refractivity contribution >= 4 is 33.6 Å². The van der Waals surface area contributed by atoms with Crippen LogP contribution < -0.4 is 15.5 Å². The summed E-state index contributed by atoms with van der Waals surface area (Å²) in [6.45, 7) is 3.38. The molecule has 0 aromatic heterocycles. The Morgan fingerprint density at radius 3 is 2.68 bits per heavy atom. The number of benzene rings is 1. The average molecular weight is 411 g/mol. The van der Waals surface area contributed by atoms with E-state index < -0.39 is 6.04 Å². The van der Waals surface area contributed by atoms with Gasteiger partial charge in [0.2, 0.25) is 5.91 Å². The van der Waals surface area contributed by atoms with Gasteiger partial charge < -0.3 is 20.4 Å². The summed E-state index contributed by atoms with van der Waals surface area (Å²) >= 11 is 3.40. The maximum atomic E-state index is 12.7. The number of piperidine rings is 1. The summed E-state index contributed by atoms with van der Waals surface area (Å²) in [5.74, 6) is -0.0506. The van der Waals surface area contributed by atoms with Crippen molar-refractivity contribution in [3.05, 3.63) is 28.7 Å². The second-order valence-electron chi connectivity index (χ2n) is 6.66. The summed E-state index contributed by atoms with van der Waals surface area (Å²) in [7, 11) is 4.03. The summed E-state index contributed by atoms with van der Waals surface area (Å²) < 4.78 is 0.974. The molecule has 1 aromatic carbocycles. The molecule has 0 bridgehead atoms. The van der Waals surface area contributed by atoms with Gasteiger partial charge >= 0.3 is 6.03 Å². The minimum Gasteiger partial charge on any atom is -0.338 e. The number of nitrogens with one attached hydrogen (secondary N) is 2. The number of amides is 3. The normalized spacial score (nSPS) is 19.0. The van der Waals surface area contributed by atoms with Gasteiger partial charge in [-0.2, -0.15) is 0 Å². The maximum absolute atomic E-state index is 12.7. The Morgan fingerprint density at radius 1 is 1.36 bits per heavy atom. The Kier molecular flexibility index (Phi) is 7.25. The molecule has 0 spiro atoms. The van der Waals surface area contributed by atoms with Gasteiger partial charge in [0.25, 0.3) is 0 Å². The van der Waals surface area contributed by atoms with Crippen molar-refractivity contribution in [3.8, 4) is 0 Å². The van der Waals surface area contributed by atoms with Gasteiger partial charge in [0.1, 0.15) is 6.04 Å². The van der Waals surface area contributed by atoms with Crippen LogP contribution in [0.4, 0.5) is 10.5 Å².